The van der Waals surface area contributed by atoms with Crippen LogP contribution >= 0.6 is 0 Å². The Balaban J connectivity index is 1.66. The van der Waals surface area contributed by atoms with Crippen LogP contribution in [0.2, 0.25) is 0 Å². The minimum atomic E-state index is -0.0205. The van der Waals surface area contributed by atoms with E-state index < -0.39 is 0 Å². The minimum Gasteiger partial charge on any atom is -0.393 e. The summed E-state index contributed by atoms with van der Waals surface area (Å²) in [6.45, 7) is 8.33. The highest BCUT2D eigenvalue weighted by molar-refractivity contribution is 4.86. The molecule has 2 aliphatic carbocycles. The third-order valence-electron chi connectivity index (χ3n) is 5.95. The lowest BCUT2D eigenvalue weighted by Crippen LogP contribution is -2.38. The molecule has 0 spiro atoms. The maximum Gasteiger partial charge on any atom is 0.0543 e. The number of hydrogen-bond donors (Lipinski definition) is 2. The van der Waals surface area contributed by atoms with E-state index in [1.165, 1.54) is 38.5 Å². The highest BCUT2D eigenvalue weighted by atomic mass is 16.3. The molecule has 0 bridgehead atoms. The molecule has 0 heterocycles. The molecule has 2 atom stereocenters. The Morgan fingerprint density at radius 2 is 1.74 bits per heavy atom. The first kappa shape index (κ1) is 15.3. The predicted octanol–water partition coefficient (Wildman–Crippen LogP) is 3.73. The number of rotatable bonds is 5. The van der Waals surface area contributed by atoms with Gasteiger partial charge in [0.2, 0.25) is 0 Å². The quantitative estimate of drug-likeness (QED) is 0.795. The second-order valence-corrected chi connectivity index (χ2v) is 7.63. The molecule has 0 radical (unpaired) electrons. The van der Waals surface area contributed by atoms with Crippen molar-refractivity contribution in [3.8, 4) is 0 Å². The summed E-state index contributed by atoms with van der Waals surface area (Å²) < 4.78 is 0. The Kier molecular flexibility index (Phi) is 5.30. The van der Waals surface area contributed by atoms with Gasteiger partial charge in [0, 0.05) is 6.04 Å². The minimum absolute atomic E-state index is 0.0205. The van der Waals surface area contributed by atoms with Gasteiger partial charge in [0.05, 0.1) is 6.10 Å². The van der Waals surface area contributed by atoms with E-state index in [4.69, 9.17) is 0 Å². The van der Waals surface area contributed by atoms with Gasteiger partial charge in [-0.05, 0) is 68.7 Å². The smallest absolute Gasteiger partial charge is 0.0543 e. The third-order valence-corrected chi connectivity index (χ3v) is 5.95. The summed E-state index contributed by atoms with van der Waals surface area (Å²) in [4.78, 5) is 0. The summed E-state index contributed by atoms with van der Waals surface area (Å²) in [5, 5.41) is 13.3. The summed E-state index contributed by atoms with van der Waals surface area (Å²) in [6, 6.07) is 0.738. The topological polar surface area (TPSA) is 32.3 Å². The van der Waals surface area contributed by atoms with Gasteiger partial charge in [-0.3, -0.25) is 0 Å². The molecule has 2 heteroatoms. The maximum absolute atomic E-state index is 9.56. The first-order chi connectivity index (χ1) is 9.01. The number of nitrogens with one attached hydrogen (secondary N) is 1. The summed E-state index contributed by atoms with van der Waals surface area (Å²) in [6.07, 6.45) is 10.0. The van der Waals surface area contributed by atoms with Crippen molar-refractivity contribution < 1.29 is 5.11 Å². The van der Waals surface area contributed by atoms with Gasteiger partial charge in [-0.2, -0.15) is 0 Å². The monoisotopic (exact) mass is 267 g/mol. The molecule has 19 heavy (non-hydrogen) atoms. The highest BCUT2D eigenvalue weighted by Gasteiger charge is 2.32. The van der Waals surface area contributed by atoms with E-state index in [0.29, 0.717) is 5.41 Å². The van der Waals surface area contributed by atoms with Crippen LogP contribution in [0.15, 0.2) is 0 Å². The van der Waals surface area contributed by atoms with E-state index >= 15 is 0 Å². The molecule has 112 valence electrons. The Labute approximate surface area is 119 Å². The van der Waals surface area contributed by atoms with Crippen molar-refractivity contribution >= 4 is 0 Å². The SMILES string of the molecule is CCC(C)(C)C1CCC(NCC2CCC(O)C2)CC1. The molecule has 0 aromatic heterocycles. The summed E-state index contributed by atoms with van der Waals surface area (Å²) >= 11 is 0. The van der Waals surface area contributed by atoms with Crippen molar-refractivity contribution in [1.82, 2.24) is 5.32 Å². The number of aliphatic hydroxyl groups is 1. The van der Waals surface area contributed by atoms with Gasteiger partial charge in [-0.15, -0.1) is 0 Å². The average Bonchev–Trinajstić information content (AvgIpc) is 2.83. The lowest BCUT2D eigenvalue weighted by atomic mass is 9.69. The second-order valence-electron chi connectivity index (χ2n) is 7.63. The zero-order valence-corrected chi connectivity index (χ0v) is 13.1. The molecule has 0 aliphatic heterocycles. The lowest BCUT2D eigenvalue weighted by Gasteiger charge is -2.39. The molecule has 2 unspecified atom stereocenters. The van der Waals surface area contributed by atoms with Crippen molar-refractivity contribution in [3.05, 3.63) is 0 Å². The van der Waals surface area contributed by atoms with Crippen LogP contribution in [0.3, 0.4) is 0 Å². The van der Waals surface area contributed by atoms with Gasteiger partial charge < -0.3 is 10.4 Å². The molecule has 0 saturated heterocycles. The van der Waals surface area contributed by atoms with Gasteiger partial charge in [0.15, 0.2) is 0 Å². The van der Waals surface area contributed by atoms with E-state index in [2.05, 4.69) is 26.1 Å². The molecular weight excluding hydrogens is 234 g/mol. The standard InChI is InChI=1S/C17H33NO/c1-4-17(2,3)14-6-8-15(9-7-14)18-12-13-5-10-16(19)11-13/h13-16,18-19H,4-12H2,1-3H3. The Bertz CT molecular complexity index is 268. The largest absolute Gasteiger partial charge is 0.393 e. The molecule has 2 saturated carbocycles. The molecule has 2 aliphatic rings. The summed E-state index contributed by atoms with van der Waals surface area (Å²) in [7, 11) is 0. The number of aliphatic hydroxyl groups excluding tert-OH is 1. The van der Waals surface area contributed by atoms with Gasteiger partial charge in [-0.25, -0.2) is 0 Å². The van der Waals surface area contributed by atoms with E-state index in [0.717, 1.165) is 37.3 Å². The van der Waals surface area contributed by atoms with E-state index in [1.807, 2.05) is 0 Å². The summed E-state index contributed by atoms with van der Waals surface area (Å²) in [5.41, 5.74) is 0.528. The van der Waals surface area contributed by atoms with Crippen molar-refractivity contribution in [2.24, 2.45) is 17.3 Å². The zero-order valence-electron chi connectivity index (χ0n) is 13.1. The van der Waals surface area contributed by atoms with Crippen LogP contribution in [0.1, 0.15) is 72.1 Å². The van der Waals surface area contributed by atoms with Gasteiger partial charge in [0.25, 0.3) is 0 Å². The van der Waals surface area contributed by atoms with Gasteiger partial charge in [0.1, 0.15) is 0 Å². The first-order valence-corrected chi connectivity index (χ1v) is 8.42. The Hall–Kier alpha value is -0.0800. The maximum atomic E-state index is 9.56. The molecule has 0 amide bonds. The van der Waals surface area contributed by atoms with Crippen LogP contribution < -0.4 is 5.32 Å². The molecule has 2 nitrogen and oxygen atoms in total. The average molecular weight is 267 g/mol. The Morgan fingerprint density at radius 1 is 1.05 bits per heavy atom. The summed E-state index contributed by atoms with van der Waals surface area (Å²) in [5.74, 6) is 1.64. The highest BCUT2D eigenvalue weighted by Crippen LogP contribution is 2.40. The van der Waals surface area contributed by atoms with Gasteiger partial charge >= 0.3 is 0 Å². The van der Waals surface area contributed by atoms with Gasteiger partial charge in [-0.1, -0.05) is 27.2 Å². The Morgan fingerprint density at radius 3 is 2.26 bits per heavy atom. The molecule has 2 fully saturated rings. The fourth-order valence-corrected chi connectivity index (χ4v) is 3.93. The van der Waals surface area contributed by atoms with Crippen LogP contribution in [-0.4, -0.2) is 23.8 Å². The van der Waals surface area contributed by atoms with E-state index in [-0.39, 0.29) is 6.10 Å². The van der Waals surface area contributed by atoms with Crippen LogP contribution in [0.5, 0.6) is 0 Å². The van der Waals surface area contributed by atoms with E-state index in [9.17, 15) is 5.11 Å². The van der Waals surface area contributed by atoms with Crippen molar-refractivity contribution in [2.45, 2.75) is 84.3 Å². The fraction of sp³-hybridized carbons (Fsp3) is 1.00. The third kappa shape index (κ3) is 4.19. The number of hydrogen-bond acceptors (Lipinski definition) is 2. The molecule has 0 aromatic rings. The van der Waals surface area contributed by atoms with Crippen LogP contribution in [0.25, 0.3) is 0 Å². The van der Waals surface area contributed by atoms with Crippen molar-refractivity contribution in [1.29, 1.82) is 0 Å². The van der Waals surface area contributed by atoms with Crippen LogP contribution in [0, 0.1) is 17.3 Å². The van der Waals surface area contributed by atoms with Crippen LogP contribution in [0.4, 0.5) is 0 Å². The van der Waals surface area contributed by atoms with Crippen LogP contribution in [-0.2, 0) is 0 Å². The van der Waals surface area contributed by atoms with Crippen molar-refractivity contribution in [2.75, 3.05) is 6.54 Å². The zero-order chi connectivity index (χ0) is 13.9. The molecule has 0 aromatic carbocycles. The lowest BCUT2D eigenvalue weighted by molar-refractivity contribution is 0.135. The second kappa shape index (κ2) is 6.58. The molecule has 2 N–H and O–H groups in total. The van der Waals surface area contributed by atoms with Crippen molar-refractivity contribution in [3.63, 3.8) is 0 Å². The molecule has 2 rings (SSSR count). The first-order valence-electron chi connectivity index (χ1n) is 8.42. The molecular formula is C17H33NO. The van der Waals surface area contributed by atoms with E-state index in [1.54, 1.807) is 0 Å². The fourth-order valence-electron chi connectivity index (χ4n) is 3.93. The predicted molar refractivity (Wildman–Crippen MR) is 81.2 cm³/mol. The normalized spacial score (nSPS) is 36.6.